The number of hydrogen-bond donors (Lipinski definition) is 3. The summed E-state index contributed by atoms with van der Waals surface area (Å²) in [6.45, 7) is 4.06. The predicted octanol–water partition coefficient (Wildman–Crippen LogP) is 1.24. The molecule has 0 aromatic carbocycles. The van der Waals surface area contributed by atoms with E-state index in [0.29, 0.717) is 11.6 Å². The van der Waals surface area contributed by atoms with Crippen molar-refractivity contribution < 1.29 is 14.7 Å². The molecule has 0 saturated carbocycles. The fourth-order valence-electron chi connectivity index (χ4n) is 2.48. The highest BCUT2D eigenvalue weighted by Gasteiger charge is 2.37. The van der Waals surface area contributed by atoms with Gasteiger partial charge in [-0.05, 0) is 32.4 Å². The molecule has 1 amide bonds. The molecule has 0 spiro atoms. The van der Waals surface area contributed by atoms with Crippen molar-refractivity contribution >= 4 is 23.2 Å². The second-order valence-electron chi connectivity index (χ2n) is 5.00. The second kappa shape index (κ2) is 6.32. The zero-order chi connectivity index (χ0) is 14.6. The average molecular weight is 297 g/mol. The van der Waals surface area contributed by atoms with Gasteiger partial charge in [-0.25, -0.2) is 9.78 Å². The first-order valence-electron chi connectivity index (χ1n) is 6.74. The number of aromatic nitrogens is 1. The van der Waals surface area contributed by atoms with Gasteiger partial charge in [0.25, 0.3) is 0 Å². The number of carbonyl (C=O) groups excluding carboxylic acids is 1. The predicted molar refractivity (Wildman–Crippen MR) is 75.7 cm³/mol. The van der Waals surface area contributed by atoms with Gasteiger partial charge < -0.3 is 15.7 Å². The van der Waals surface area contributed by atoms with Crippen LogP contribution in [0.25, 0.3) is 0 Å². The molecule has 3 N–H and O–H groups in total. The Morgan fingerprint density at radius 3 is 2.75 bits per heavy atom. The van der Waals surface area contributed by atoms with Crippen molar-refractivity contribution in [2.45, 2.75) is 32.7 Å². The summed E-state index contributed by atoms with van der Waals surface area (Å²) < 4.78 is 0. The van der Waals surface area contributed by atoms with E-state index in [-0.39, 0.29) is 17.0 Å². The smallest absolute Gasteiger partial charge is 0.355 e. The van der Waals surface area contributed by atoms with E-state index in [1.54, 1.807) is 0 Å². The summed E-state index contributed by atoms with van der Waals surface area (Å²) in [6, 6.07) is 0. The Balaban J connectivity index is 1.94. The minimum atomic E-state index is -1.04. The lowest BCUT2D eigenvalue weighted by atomic mass is 9.76. The van der Waals surface area contributed by atoms with Crippen molar-refractivity contribution in [1.29, 1.82) is 0 Å². The third-order valence-electron chi connectivity index (χ3n) is 3.89. The molecular weight excluding hydrogens is 278 g/mol. The minimum Gasteiger partial charge on any atom is -0.476 e. The first-order chi connectivity index (χ1) is 9.57. The van der Waals surface area contributed by atoms with E-state index in [2.05, 4.69) is 15.6 Å². The molecule has 1 aromatic rings. The Bertz CT molecular complexity index is 495. The molecule has 0 unspecified atom stereocenters. The second-order valence-corrected chi connectivity index (χ2v) is 5.94. The largest absolute Gasteiger partial charge is 0.476 e. The third-order valence-corrected chi connectivity index (χ3v) is 4.74. The van der Waals surface area contributed by atoms with Crippen molar-refractivity contribution in [3.8, 4) is 0 Å². The number of thiazole rings is 1. The van der Waals surface area contributed by atoms with Crippen LogP contribution in [-0.2, 0) is 11.3 Å². The van der Waals surface area contributed by atoms with Gasteiger partial charge in [-0.2, -0.15) is 0 Å². The summed E-state index contributed by atoms with van der Waals surface area (Å²) in [6.07, 6.45) is 2.50. The molecule has 110 valence electrons. The van der Waals surface area contributed by atoms with Gasteiger partial charge >= 0.3 is 5.97 Å². The van der Waals surface area contributed by atoms with Crippen LogP contribution in [0.4, 0.5) is 0 Å². The molecule has 0 bridgehead atoms. The van der Waals surface area contributed by atoms with Gasteiger partial charge in [0.1, 0.15) is 5.01 Å². The molecule has 20 heavy (non-hydrogen) atoms. The number of rotatable bonds is 5. The Kier molecular flexibility index (Phi) is 4.72. The average Bonchev–Trinajstić information content (AvgIpc) is 2.94. The lowest BCUT2D eigenvalue weighted by molar-refractivity contribution is -0.133. The normalized spacial score (nSPS) is 17.6. The highest BCUT2D eigenvalue weighted by Crippen LogP contribution is 2.32. The molecule has 0 aliphatic carbocycles. The Morgan fingerprint density at radius 1 is 1.50 bits per heavy atom. The summed E-state index contributed by atoms with van der Waals surface area (Å²) in [5, 5.41) is 17.1. The first kappa shape index (κ1) is 14.9. The molecule has 2 heterocycles. The molecule has 6 nitrogen and oxygen atoms in total. The number of piperidine rings is 1. The summed E-state index contributed by atoms with van der Waals surface area (Å²) in [4.78, 5) is 27.1. The molecule has 0 atom stereocenters. The van der Waals surface area contributed by atoms with Crippen molar-refractivity contribution in [1.82, 2.24) is 15.6 Å². The van der Waals surface area contributed by atoms with Gasteiger partial charge in [-0.15, -0.1) is 11.3 Å². The number of carbonyl (C=O) groups is 2. The van der Waals surface area contributed by atoms with Crippen LogP contribution in [0, 0.1) is 5.41 Å². The number of carboxylic acid groups (broad SMARTS) is 1. The number of aromatic carboxylic acids is 1. The van der Waals surface area contributed by atoms with E-state index in [1.807, 2.05) is 6.92 Å². The van der Waals surface area contributed by atoms with Crippen molar-refractivity contribution in [3.05, 3.63) is 16.1 Å². The van der Waals surface area contributed by atoms with E-state index in [9.17, 15) is 9.59 Å². The third kappa shape index (κ3) is 3.16. The maximum Gasteiger partial charge on any atom is 0.355 e. The molecule has 1 aromatic heterocycles. The number of hydrogen-bond acceptors (Lipinski definition) is 5. The maximum absolute atomic E-state index is 12.4. The van der Waals surface area contributed by atoms with Crippen LogP contribution in [0.15, 0.2) is 5.38 Å². The van der Waals surface area contributed by atoms with E-state index in [4.69, 9.17) is 5.11 Å². The Labute approximate surface area is 121 Å². The molecule has 1 saturated heterocycles. The first-order valence-corrected chi connectivity index (χ1v) is 7.62. The lowest BCUT2D eigenvalue weighted by Crippen LogP contribution is -2.47. The molecule has 1 fully saturated rings. The van der Waals surface area contributed by atoms with Crippen LogP contribution in [0.2, 0.25) is 0 Å². The van der Waals surface area contributed by atoms with Crippen LogP contribution in [0.1, 0.15) is 41.7 Å². The van der Waals surface area contributed by atoms with Crippen LogP contribution >= 0.6 is 11.3 Å². The van der Waals surface area contributed by atoms with E-state index >= 15 is 0 Å². The number of nitrogens with zero attached hydrogens (tertiary/aromatic N) is 1. The van der Waals surface area contributed by atoms with Crippen LogP contribution in [0.3, 0.4) is 0 Å². The van der Waals surface area contributed by atoms with E-state index < -0.39 is 5.97 Å². The highest BCUT2D eigenvalue weighted by molar-refractivity contribution is 7.09. The Hall–Kier alpha value is -1.47. The standard InChI is InChI=1S/C13H19N3O3S/c1-2-13(3-5-14-6-4-13)12(19)15-7-10-16-9(8-20-10)11(17)18/h8,14H,2-7H2,1H3,(H,15,19)(H,17,18). The zero-order valence-corrected chi connectivity index (χ0v) is 12.3. The molecule has 2 rings (SSSR count). The quantitative estimate of drug-likeness (QED) is 0.760. The van der Waals surface area contributed by atoms with Crippen molar-refractivity contribution in [3.63, 3.8) is 0 Å². The van der Waals surface area contributed by atoms with Crippen LogP contribution in [-0.4, -0.2) is 35.1 Å². The van der Waals surface area contributed by atoms with E-state index in [1.165, 1.54) is 16.7 Å². The monoisotopic (exact) mass is 297 g/mol. The number of carboxylic acids is 1. The van der Waals surface area contributed by atoms with Crippen molar-refractivity contribution in [2.24, 2.45) is 5.41 Å². The van der Waals surface area contributed by atoms with Crippen LogP contribution < -0.4 is 10.6 Å². The zero-order valence-electron chi connectivity index (χ0n) is 11.4. The summed E-state index contributed by atoms with van der Waals surface area (Å²) in [5.41, 5.74) is -0.260. The topological polar surface area (TPSA) is 91.3 Å². The van der Waals surface area contributed by atoms with Gasteiger partial charge in [-0.3, -0.25) is 4.79 Å². The molecule has 7 heteroatoms. The van der Waals surface area contributed by atoms with Crippen molar-refractivity contribution in [2.75, 3.05) is 13.1 Å². The summed E-state index contributed by atoms with van der Waals surface area (Å²) in [5.74, 6) is -0.990. The highest BCUT2D eigenvalue weighted by atomic mass is 32.1. The number of amides is 1. The Morgan fingerprint density at radius 2 is 2.20 bits per heavy atom. The molecule has 1 aliphatic rings. The van der Waals surface area contributed by atoms with Gasteiger partial charge in [0, 0.05) is 5.38 Å². The van der Waals surface area contributed by atoms with Gasteiger partial charge in [-0.1, -0.05) is 6.92 Å². The fraction of sp³-hybridized carbons (Fsp3) is 0.615. The maximum atomic E-state index is 12.4. The van der Waals surface area contributed by atoms with Gasteiger partial charge in [0.2, 0.25) is 5.91 Å². The lowest BCUT2D eigenvalue weighted by Gasteiger charge is -2.35. The van der Waals surface area contributed by atoms with E-state index in [0.717, 1.165) is 32.4 Å². The number of nitrogens with one attached hydrogen (secondary N) is 2. The van der Waals surface area contributed by atoms with Gasteiger partial charge in [0.15, 0.2) is 5.69 Å². The van der Waals surface area contributed by atoms with Crippen LogP contribution in [0.5, 0.6) is 0 Å². The minimum absolute atomic E-state index is 0.0336. The SMILES string of the molecule is CCC1(C(=O)NCc2nc(C(=O)O)cs2)CCNCC1. The summed E-state index contributed by atoms with van der Waals surface area (Å²) in [7, 11) is 0. The fourth-order valence-corrected chi connectivity index (χ4v) is 3.19. The summed E-state index contributed by atoms with van der Waals surface area (Å²) >= 11 is 1.25. The van der Waals surface area contributed by atoms with Gasteiger partial charge in [0.05, 0.1) is 12.0 Å². The molecule has 0 radical (unpaired) electrons. The molecule has 1 aliphatic heterocycles. The molecular formula is C13H19N3O3S.